The molecule has 0 aromatic heterocycles. The van der Waals surface area contributed by atoms with Crippen molar-refractivity contribution in [3.63, 3.8) is 0 Å². The van der Waals surface area contributed by atoms with Crippen LogP contribution in [0.1, 0.15) is 71.9 Å². The van der Waals surface area contributed by atoms with Crippen LogP contribution in [0.2, 0.25) is 0 Å². The Hall–Kier alpha value is -2.89. The number of anilines is 2. The van der Waals surface area contributed by atoms with Gasteiger partial charge in [0.05, 0.1) is 0 Å². The highest BCUT2D eigenvalue weighted by molar-refractivity contribution is 5.87. The van der Waals surface area contributed by atoms with E-state index in [0.29, 0.717) is 12.5 Å². The highest BCUT2D eigenvalue weighted by atomic mass is 19.1. The average Bonchev–Trinajstić information content (AvgIpc) is 2.71. The lowest BCUT2D eigenvalue weighted by Crippen LogP contribution is -2.49. The molecular formula is C27H39FN4O. The van der Waals surface area contributed by atoms with Gasteiger partial charge in [-0.05, 0) is 86.4 Å². The van der Waals surface area contributed by atoms with Gasteiger partial charge in [-0.15, -0.1) is 0 Å². The van der Waals surface area contributed by atoms with Crippen LogP contribution < -0.4 is 16.0 Å². The van der Waals surface area contributed by atoms with Crippen molar-refractivity contribution in [3.05, 3.63) is 59.4 Å². The number of hydrogen-bond acceptors (Lipinski definition) is 3. The molecule has 5 nitrogen and oxygen atoms in total. The van der Waals surface area contributed by atoms with Crippen LogP contribution in [0.3, 0.4) is 0 Å². The van der Waals surface area contributed by atoms with E-state index in [-0.39, 0.29) is 28.7 Å². The van der Waals surface area contributed by atoms with E-state index in [4.69, 9.17) is 5.41 Å². The highest BCUT2D eigenvalue weighted by Gasteiger charge is 2.32. The van der Waals surface area contributed by atoms with Gasteiger partial charge in [-0.25, -0.2) is 9.18 Å². The molecule has 0 heterocycles. The van der Waals surface area contributed by atoms with Gasteiger partial charge in [0.25, 0.3) is 0 Å². The minimum absolute atomic E-state index is 0.169. The highest BCUT2D eigenvalue weighted by Crippen LogP contribution is 2.41. The van der Waals surface area contributed by atoms with Crippen LogP contribution >= 0.6 is 0 Å². The Bertz CT molecular complexity index is 946. The number of carbonyl (C=O) groups excluding carboxylic acids is 1. The summed E-state index contributed by atoms with van der Waals surface area (Å²) in [4.78, 5) is 12.3. The lowest BCUT2D eigenvalue weighted by atomic mass is 9.71. The van der Waals surface area contributed by atoms with Crippen LogP contribution in [0.4, 0.5) is 20.6 Å². The summed E-state index contributed by atoms with van der Waals surface area (Å²) >= 11 is 0. The summed E-state index contributed by atoms with van der Waals surface area (Å²) in [5.41, 5.74) is 2.96. The molecule has 2 amide bonds. The third-order valence-electron chi connectivity index (χ3n) is 5.60. The number of nitrogens with one attached hydrogen (secondary N) is 4. The maximum atomic E-state index is 13.2. The standard InChI is InChI=1S/C27H39FN4O/c1-18(2)14-23(27(6,7)17-30-25(33)32-26(3,4)5)19-8-13-24(20(15-19)16-29)31-22-11-9-21(28)10-12-22/h8-13,15-16,18,23,29,31H,14,17H2,1-7H3,(H2,30,32,33). The van der Waals surface area contributed by atoms with Crippen LogP contribution in [0, 0.1) is 22.6 Å². The summed E-state index contributed by atoms with van der Waals surface area (Å²) in [7, 11) is 0. The molecule has 0 saturated carbocycles. The Balaban J connectivity index is 2.27. The summed E-state index contributed by atoms with van der Waals surface area (Å²) in [5, 5.41) is 17.2. The van der Waals surface area contributed by atoms with Gasteiger partial charge in [0.15, 0.2) is 0 Å². The smallest absolute Gasteiger partial charge is 0.315 e. The van der Waals surface area contributed by atoms with Gasteiger partial charge in [-0.3, -0.25) is 0 Å². The summed E-state index contributed by atoms with van der Waals surface area (Å²) in [6.07, 6.45) is 2.29. The molecule has 4 N–H and O–H groups in total. The molecular weight excluding hydrogens is 415 g/mol. The number of halogens is 1. The van der Waals surface area contributed by atoms with E-state index in [1.54, 1.807) is 12.1 Å². The van der Waals surface area contributed by atoms with E-state index in [1.807, 2.05) is 32.9 Å². The summed E-state index contributed by atoms with van der Waals surface area (Å²) in [6, 6.07) is 12.1. The zero-order valence-corrected chi connectivity index (χ0v) is 21.0. The molecule has 0 aliphatic heterocycles. The van der Waals surface area contributed by atoms with Gasteiger partial charge in [-0.2, -0.15) is 0 Å². The summed E-state index contributed by atoms with van der Waals surface area (Å²) in [5.74, 6) is 0.371. The lowest BCUT2D eigenvalue weighted by Gasteiger charge is -2.37. The number of urea groups is 1. The second-order valence-electron chi connectivity index (χ2n) is 10.9. The van der Waals surface area contributed by atoms with Crippen molar-refractivity contribution in [2.75, 3.05) is 11.9 Å². The van der Waals surface area contributed by atoms with Gasteiger partial charge < -0.3 is 21.4 Å². The SMILES string of the molecule is CC(C)CC(c1ccc(Nc2ccc(F)cc2)c(C=N)c1)C(C)(C)CNC(=O)NC(C)(C)C. The fraction of sp³-hybridized carbons (Fsp3) is 0.481. The van der Waals surface area contributed by atoms with Crippen LogP contribution in [-0.2, 0) is 0 Å². The first-order valence-electron chi connectivity index (χ1n) is 11.5. The predicted octanol–water partition coefficient (Wildman–Crippen LogP) is 6.82. The number of carbonyl (C=O) groups is 1. The van der Waals surface area contributed by atoms with E-state index in [2.05, 4.69) is 49.7 Å². The summed E-state index contributed by atoms with van der Waals surface area (Å²) in [6.45, 7) is 15.1. The molecule has 33 heavy (non-hydrogen) atoms. The molecule has 0 aliphatic carbocycles. The molecule has 2 aromatic carbocycles. The third kappa shape index (κ3) is 8.19. The van der Waals surface area contributed by atoms with E-state index in [9.17, 15) is 9.18 Å². The van der Waals surface area contributed by atoms with Gasteiger partial charge in [-0.1, -0.05) is 33.8 Å². The van der Waals surface area contributed by atoms with Gasteiger partial charge in [0.1, 0.15) is 5.82 Å². The van der Waals surface area contributed by atoms with E-state index >= 15 is 0 Å². The third-order valence-corrected chi connectivity index (χ3v) is 5.60. The van der Waals surface area contributed by atoms with E-state index < -0.39 is 0 Å². The molecule has 1 atom stereocenters. The van der Waals surface area contributed by atoms with Gasteiger partial charge in [0.2, 0.25) is 0 Å². The predicted molar refractivity (Wildman–Crippen MR) is 136 cm³/mol. The quantitative estimate of drug-likeness (QED) is 0.314. The number of hydrogen-bond donors (Lipinski definition) is 4. The molecule has 1 unspecified atom stereocenters. The van der Waals surface area contributed by atoms with Crippen LogP contribution in [0.15, 0.2) is 42.5 Å². The number of amides is 2. The van der Waals surface area contributed by atoms with Crippen LogP contribution in [-0.4, -0.2) is 24.3 Å². The molecule has 180 valence electrons. The molecule has 6 heteroatoms. The largest absolute Gasteiger partial charge is 0.355 e. The van der Waals surface area contributed by atoms with Crippen molar-refractivity contribution < 1.29 is 9.18 Å². The van der Waals surface area contributed by atoms with Crippen molar-refractivity contribution in [1.29, 1.82) is 5.41 Å². The van der Waals surface area contributed by atoms with Crippen molar-refractivity contribution >= 4 is 23.6 Å². The molecule has 0 fully saturated rings. The monoisotopic (exact) mass is 454 g/mol. The normalized spacial score (nSPS) is 12.9. The van der Waals surface area contributed by atoms with Crippen molar-refractivity contribution in [2.45, 2.75) is 66.3 Å². The minimum atomic E-state index is -0.294. The molecule has 0 saturated heterocycles. The van der Waals surface area contributed by atoms with Crippen molar-refractivity contribution in [3.8, 4) is 0 Å². The minimum Gasteiger partial charge on any atom is -0.355 e. The molecule has 0 spiro atoms. The summed E-state index contributed by atoms with van der Waals surface area (Å²) < 4.78 is 13.2. The first-order valence-corrected chi connectivity index (χ1v) is 11.5. The first kappa shape index (κ1) is 26.4. The fourth-order valence-corrected chi connectivity index (χ4v) is 3.91. The van der Waals surface area contributed by atoms with E-state index in [0.717, 1.165) is 28.9 Å². The Labute approximate surface area is 198 Å². The first-order chi connectivity index (χ1) is 15.3. The second kappa shape index (κ2) is 10.8. The van der Waals surface area contributed by atoms with Gasteiger partial charge in [0, 0.05) is 35.2 Å². The van der Waals surface area contributed by atoms with Crippen LogP contribution in [0.5, 0.6) is 0 Å². The average molecular weight is 455 g/mol. The fourth-order valence-electron chi connectivity index (χ4n) is 3.91. The van der Waals surface area contributed by atoms with Crippen molar-refractivity contribution in [2.24, 2.45) is 11.3 Å². The maximum absolute atomic E-state index is 13.2. The van der Waals surface area contributed by atoms with Gasteiger partial charge >= 0.3 is 6.03 Å². The zero-order chi connectivity index (χ0) is 24.8. The second-order valence-corrected chi connectivity index (χ2v) is 10.9. The lowest BCUT2D eigenvalue weighted by molar-refractivity contribution is 0.211. The Kier molecular flexibility index (Phi) is 8.64. The van der Waals surface area contributed by atoms with E-state index in [1.165, 1.54) is 18.3 Å². The Morgan fingerprint density at radius 3 is 2.24 bits per heavy atom. The Morgan fingerprint density at radius 1 is 1.06 bits per heavy atom. The van der Waals surface area contributed by atoms with Crippen LogP contribution in [0.25, 0.3) is 0 Å². The number of benzene rings is 2. The Morgan fingerprint density at radius 2 is 1.70 bits per heavy atom. The topological polar surface area (TPSA) is 77.0 Å². The molecule has 0 bridgehead atoms. The molecule has 2 rings (SSSR count). The zero-order valence-electron chi connectivity index (χ0n) is 21.0. The maximum Gasteiger partial charge on any atom is 0.315 e. The molecule has 0 aliphatic rings. The number of rotatable bonds is 9. The molecule has 2 aromatic rings. The van der Waals surface area contributed by atoms with Crippen molar-refractivity contribution in [1.82, 2.24) is 10.6 Å². The molecule has 0 radical (unpaired) electrons.